The van der Waals surface area contributed by atoms with Crippen LogP contribution in [0.25, 0.3) is 0 Å². The number of carbonyl (C=O) groups excluding carboxylic acids is 1. The van der Waals surface area contributed by atoms with E-state index in [1.54, 1.807) is 10.9 Å². The van der Waals surface area contributed by atoms with Crippen LogP contribution in [0.3, 0.4) is 0 Å². The van der Waals surface area contributed by atoms with E-state index < -0.39 is 5.60 Å². The molecule has 0 bridgehead atoms. The van der Waals surface area contributed by atoms with Gasteiger partial charge in [-0.2, -0.15) is 5.10 Å². The van der Waals surface area contributed by atoms with E-state index in [0.29, 0.717) is 25.1 Å². The highest BCUT2D eigenvalue weighted by atomic mass is 16.5. The lowest BCUT2D eigenvalue weighted by atomic mass is 9.70. The third kappa shape index (κ3) is 3.22. The van der Waals surface area contributed by atoms with Gasteiger partial charge in [0.15, 0.2) is 0 Å². The van der Waals surface area contributed by atoms with Gasteiger partial charge in [0.2, 0.25) is 0 Å². The molecule has 2 fully saturated rings. The molecule has 134 valence electrons. The number of carbonyl (C=O) groups is 1. The molecule has 0 radical (unpaired) electrons. The van der Waals surface area contributed by atoms with Crippen LogP contribution < -0.4 is 0 Å². The van der Waals surface area contributed by atoms with E-state index in [2.05, 4.69) is 12.0 Å². The Bertz CT molecular complexity index is 580. The van der Waals surface area contributed by atoms with Crippen LogP contribution in [0.1, 0.15) is 56.4 Å². The first-order valence-corrected chi connectivity index (χ1v) is 9.05. The Morgan fingerprint density at radius 3 is 2.71 bits per heavy atom. The molecule has 0 aromatic carbocycles. The summed E-state index contributed by atoms with van der Waals surface area (Å²) >= 11 is 0. The summed E-state index contributed by atoms with van der Waals surface area (Å²) in [5.74, 6) is 0.364. The van der Waals surface area contributed by atoms with E-state index in [9.17, 15) is 9.90 Å². The summed E-state index contributed by atoms with van der Waals surface area (Å²) in [6.07, 6.45) is 5.93. The molecule has 0 aliphatic carbocycles. The maximum atomic E-state index is 12.7. The Morgan fingerprint density at radius 2 is 2.12 bits per heavy atom. The number of piperidine rings is 1. The van der Waals surface area contributed by atoms with Crippen molar-refractivity contribution in [3.63, 3.8) is 0 Å². The Hall–Kier alpha value is -1.40. The zero-order chi connectivity index (χ0) is 17.3. The van der Waals surface area contributed by atoms with Gasteiger partial charge in [0.05, 0.1) is 17.4 Å². The highest BCUT2D eigenvalue weighted by Crippen LogP contribution is 2.39. The molecule has 0 saturated carbocycles. The molecule has 1 amide bonds. The number of amides is 1. The van der Waals surface area contributed by atoms with Crippen molar-refractivity contribution in [2.24, 2.45) is 11.8 Å². The van der Waals surface area contributed by atoms with Crippen molar-refractivity contribution in [3.8, 4) is 0 Å². The fourth-order valence-corrected chi connectivity index (χ4v) is 4.04. The molecule has 3 rings (SSSR count). The average Bonchev–Trinajstić information content (AvgIpc) is 3.08. The molecule has 2 aliphatic heterocycles. The topological polar surface area (TPSA) is 67.6 Å². The summed E-state index contributed by atoms with van der Waals surface area (Å²) in [4.78, 5) is 14.6. The Balaban J connectivity index is 1.66. The van der Waals surface area contributed by atoms with E-state index in [1.807, 2.05) is 24.9 Å². The third-order valence-electron chi connectivity index (χ3n) is 5.72. The van der Waals surface area contributed by atoms with Crippen LogP contribution in [-0.2, 0) is 4.74 Å². The summed E-state index contributed by atoms with van der Waals surface area (Å²) in [5, 5.41) is 15.5. The Kier molecular flexibility index (Phi) is 4.97. The fourth-order valence-electron chi connectivity index (χ4n) is 4.04. The van der Waals surface area contributed by atoms with Crippen molar-refractivity contribution < 1.29 is 14.6 Å². The van der Waals surface area contributed by atoms with E-state index in [4.69, 9.17) is 4.74 Å². The van der Waals surface area contributed by atoms with E-state index in [-0.39, 0.29) is 23.8 Å². The first kappa shape index (κ1) is 17.4. The second-order valence-electron chi connectivity index (χ2n) is 7.58. The van der Waals surface area contributed by atoms with Crippen molar-refractivity contribution in [3.05, 3.63) is 18.0 Å². The molecule has 1 N–H and O–H groups in total. The third-order valence-corrected chi connectivity index (χ3v) is 5.72. The quantitative estimate of drug-likeness (QED) is 0.918. The lowest BCUT2D eigenvalue weighted by molar-refractivity contribution is -0.125. The minimum atomic E-state index is -0.678. The van der Waals surface area contributed by atoms with Crippen molar-refractivity contribution in [1.29, 1.82) is 0 Å². The molecule has 24 heavy (non-hydrogen) atoms. The van der Waals surface area contributed by atoms with Gasteiger partial charge in [0.25, 0.3) is 5.91 Å². The van der Waals surface area contributed by atoms with Crippen molar-refractivity contribution >= 4 is 5.91 Å². The second-order valence-corrected chi connectivity index (χ2v) is 7.58. The predicted molar refractivity (Wildman–Crippen MR) is 90.8 cm³/mol. The molecule has 0 spiro atoms. The minimum absolute atomic E-state index is 0.0165. The molecule has 3 heterocycles. The lowest BCUT2D eigenvalue weighted by Crippen LogP contribution is -2.56. The molecular formula is C18H29N3O3. The van der Waals surface area contributed by atoms with E-state index in [1.165, 1.54) is 0 Å². The molecule has 1 aromatic rings. The van der Waals surface area contributed by atoms with Gasteiger partial charge >= 0.3 is 0 Å². The SMILES string of the molecule is CC(C)n1cc(C(=O)N2CC[C@@](O)(C3CCOCC3)[C@H](C)C2)cn1. The zero-order valence-electron chi connectivity index (χ0n) is 14.9. The number of hydrogen-bond acceptors (Lipinski definition) is 4. The van der Waals surface area contributed by atoms with Crippen LogP contribution in [-0.4, -0.2) is 57.6 Å². The number of rotatable bonds is 3. The fraction of sp³-hybridized carbons (Fsp3) is 0.778. The standard InChI is InChI=1S/C18H29N3O3/c1-13(2)21-12-15(10-19-21)17(22)20-7-6-18(23,14(3)11-20)16-4-8-24-9-5-16/h10,12-14,16,23H,4-9,11H2,1-3H3/t14-,18+/m1/s1. The summed E-state index contributed by atoms with van der Waals surface area (Å²) in [7, 11) is 0. The van der Waals surface area contributed by atoms with Gasteiger partial charge in [-0.05, 0) is 39.0 Å². The van der Waals surface area contributed by atoms with Crippen molar-refractivity contribution in [2.75, 3.05) is 26.3 Å². The number of aromatic nitrogens is 2. The number of hydrogen-bond donors (Lipinski definition) is 1. The first-order chi connectivity index (χ1) is 11.4. The lowest BCUT2D eigenvalue weighted by Gasteiger charge is -2.48. The van der Waals surface area contributed by atoms with Gasteiger partial charge in [-0.3, -0.25) is 9.48 Å². The summed E-state index contributed by atoms with van der Waals surface area (Å²) in [6.45, 7) is 8.81. The highest BCUT2D eigenvalue weighted by Gasteiger charge is 2.46. The van der Waals surface area contributed by atoms with Crippen LogP contribution in [0.2, 0.25) is 0 Å². The molecule has 6 heteroatoms. The molecule has 2 aliphatic rings. The number of aliphatic hydroxyl groups is 1. The van der Waals surface area contributed by atoms with E-state index >= 15 is 0 Å². The van der Waals surface area contributed by atoms with Crippen molar-refractivity contribution in [2.45, 2.75) is 51.7 Å². The number of ether oxygens (including phenoxy) is 1. The zero-order valence-corrected chi connectivity index (χ0v) is 14.9. The van der Waals surface area contributed by atoms with Crippen molar-refractivity contribution in [1.82, 2.24) is 14.7 Å². The molecule has 0 unspecified atom stereocenters. The normalized spacial score (nSPS) is 29.2. The van der Waals surface area contributed by atoms with Gasteiger partial charge in [-0.25, -0.2) is 0 Å². The molecule has 2 saturated heterocycles. The number of likely N-dealkylation sites (tertiary alicyclic amines) is 1. The van der Waals surface area contributed by atoms with Gasteiger partial charge in [0, 0.05) is 44.5 Å². The van der Waals surface area contributed by atoms with Gasteiger partial charge < -0.3 is 14.7 Å². The maximum Gasteiger partial charge on any atom is 0.257 e. The molecule has 6 nitrogen and oxygen atoms in total. The van der Waals surface area contributed by atoms with Crippen LogP contribution in [0.5, 0.6) is 0 Å². The second kappa shape index (κ2) is 6.84. The number of nitrogens with zero attached hydrogens (tertiary/aromatic N) is 3. The van der Waals surface area contributed by atoms with Crippen LogP contribution in [0.15, 0.2) is 12.4 Å². The maximum absolute atomic E-state index is 12.7. The predicted octanol–water partition coefficient (Wildman–Crippen LogP) is 2.10. The van der Waals surface area contributed by atoms with Crippen LogP contribution in [0, 0.1) is 11.8 Å². The smallest absolute Gasteiger partial charge is 0.257 e. The average molecular weight is 335 g/mol. The van der Waals surface area contributed by atoms with Gasteiger partial charge in [0.1, 0.15) is 0 Å². The van der Waals surface area contributed by atoms with Gasteiger partial charge in [-0.15, -0.1) is 0 Å². The molecule has 1 aromatic heterocycles. The molecule has 2 atom stereocenters. The summed E-state index contributed by atoms with van der Waals surface area (Å²) in [5.41, 5.74) is -0.0460. The largest absolute Gasteiger partial charge is 0.389 e. The Labute approximate surface area is 143 Å². The van der Waals surface area contributed by atoms with Crippen LogP contribution >= 0.6 is 0 Å². The van der Waals surface area contributed by atoms with Gasteiger partial charge in [-0.1, -0.05) is 6.92 Å². The first-order valence-electron chi connectivity index (χ1n) is 9.05. The monoisotopic (exact) mass is 335 g/mol. The van der Waals surface area contributed by atoms with E-state index in [0.717, 1.165) is 26.1 Å². The summed E-state index contributed by atoms with van der Waals surface area (Å²) < 4.78 is 7.23. The van der Waals surface area contributed by atoms with Crippen LogP contribution in [0.4, 0.5) is 0 Å². The molecular weight excluding hydrogens is 306 g/mol. The highest BCUT2D eigenvalue weighted by molar-refractivity contribution is 5.93. The Morgan fingerprint density at radius 1 is 1.42 bits per heavy atom. The summed E-state index contributed by atoms with van der Waals surface area (Å²) in [6, 6.07) is 0.241. The minimum Gasteiger partial charge on any atom is -0.389 e.